The molecule has 1 saturated heterocycles. The minimum Gasteiger partial charge on any atom is -0.358 e. The van der Waals surface area contributed by atoms with Gasteiger partial charge in [-0.3, -0.25) is 10.1 Å². The molecular weight excluding hydrogens is 246 g/mol. The molecule has 0 aromatic carbocycles. The van der Waals surface area contributed by atoms with Gasteiger partial charge in [0.05, 0.1) is 5.25 Å². The molecule has 1 heterocycles. The summed E-state index contributed by atoms with van der Waals surface area (Å²) in [6.07, 6.45) is 2.28. The van der Waals surface area contributed by atoms with E-state index in [1.807, 2.05) is 5.32 Å². The Kier molecular flexibility index (Phi) is 5.01. The van der Waals surface area contributed by atoms with Gasteiger partial charge in [0.15, 0.2) is 0 Å². The maximum Gasteiger partial charge on any atom is 0.318 e. The summed E-state index contributed by atoms with van der Waals surface area (Å²) in [5.41, 5.74) is 4.86. The molecule has 0 aromatic rings. The molecule has 0 bridgehead atoms. The van der Waals surface area contributed by atoms with Crippen LogP contribution in [0.25, 0.3) is 0 Å². The summed E-state index contributed by atoms with van der Waals surface area (Å²) in [5, 5.41) is 1.64. The lowest BCUT2D eigenvalue weighted by Crippen LogP contribution is -2.40. The molecular formula is C9H15N3O2S2. The number of hydrogen-bond acceptors (Lipinski definition) is 4. The van der Waals surface area contributed by atoms with Crippen molar-refractivity contribution < 1.29 is 9.59 Å². The number of carbonyl (C=O) groups excluding carboxylic acids is 2. The Morgan fingerprint density at radius 1 is 1.44 bits per heavy atom. The molecule has 0 spiro atoms. The largest absolute Gasteiger partial charge is 0.358 e. The Labute approximate surface area is 104 Å². The number of nitrogens with one attached hydrogen (secondary N) is 1. The van der Waals surface area contributed by atoms with Crippen LogP contribution < -0.4 is 11.1 Å². The number of rotatable bonds is 2. The molecule has 0 unspecified atom stereocenters. The topological polar surface area (TPSA) is 75.4 Å². The van der Waals surface area contributed by atoms with Crippen LogP contribution in [0.1, 0.15) is 19.8 Å². The van der Waals surface area contributed by atoms with Gasteiger partial charge in [-0.2, -0.15) is 0 Å². The van der Waals surface area contributed by atoms with E-state index in [9.17, 15) is 9.59 Å². The number of hydrogen-bond donors (Lipinski definition) is 2. The molecule has 1 rings (SSSR count). The second-order valence-corrected chi connectivity index (χ2v) is 5.55. The molecule has 90 valence electrons. The van der Waals surface area contributed by atoms with Crippen molar-refractivity contribution in [3.8, 4) is 0 Å². The zero-order valence-corrected chi connectivity index (χ0v) is 10.7. The fourth-order valence-corrected chi connectivity index (χ4v) is 2.82. The standard InChI is InChI=1S/C9H15N3O2S2/c1-6(7(13)11-8(10)14)16-9(15)12-4-2-3-5-12/h6H,2-5H2,1H3,(H3,10,11,13,14)/t6-/m1/s1. The van der Waals surface area contributed by atoms with Crippen molar-refractivity contribution in [2.75, 3.05) is 13.1 Å². The third-order valence-corrected chi connectivity index (χ3v) is 3.83. The van der Waals surface area contributed by atoms with Crippen molar-refractivity contribution in [3.05, 3.63) is 0 Å². The highest BCUT2D eigenvalue weighted by Gasteiger charge is 2.21. The molecule has 1 fully saturated rings. The number of nitrogens with zero attached hydrogens (tertiary/aromatic N) is 1. The number of imide groups is 1. The normalized spacial score (nSPS) is 16.9. The summed E-state index contributed by atoms with van der Waals surface area (Å²) in [6, 6.07) is -0.829. The van der Waals surface area contributed by atoms with Gasteiger partial charge >= 0.3 is 6.03 Å². The van der Waals surface area contributed by atoms with E-state index in [1.165, 1.54) is 11.8 Å². The van der Waals surface area contributed by atoms with E-state index < -0.39 is 17.2 Å². The third kappa shape index (κ3) is 3.97. The molecule has 0 radical (unpaired) electrons. The Morgan fingerprint density at radius 3 is 2.50 bits per heavy atom. The van der Waals surface area contributed by atoms with Crippen LogP contribution in [0.3, 0.4) is 0 Å². The van der Waals surface area contributed by atoms with Gasteiger partial charge in [0.2, 0.25) is 5.91 Å². The van der Waals surface area contributed by atoms with Crippen LogP contribution in [0.2, 0.25) is 0 Å². The molecule has 3 amide bonds. The SMILES string of the molecule is C[C@@H](SC(=S)N1CCCC1)C(=O)NC(N)=O. The highest BCUT2D eigenvalue weighted by molar-refractivity contribution is 8.23. The van der Waals surface area contributed by atoms with Crippen molar-refractivity contribution in [2.24, 2.45) is 5.73 Å². The van der Waals surface area contributed by atoms with Gasteiger partial charge in [0, 0.05) is 13.1 Å². The number of amides is 3. The lowest BCUT2D eigenvalue weighted by atomic mass is 10.4. The van der Waals surface area contributed by atoms with Crippen LogP contribution in [0.15, 0.2) is 0 Å². The maximum atomic E-state index is 11.4. The summed E-state index contributed by atoms with van der Waals surface area (Å²) in [7, 11) is 0. The summed E-state index contributed by atoms with van der Waals surface area (Å²) < 4.78 is 0.713. The van der Waals surface area contributed by atoms with Gasteiger partial charge in [-0.25, -0.2) is 4.79 Å². The average Bonchev–Trinajstić information content (AvgIpc) is 2.68. The number of urea groups is 1. The molecule has 0 aliphatic carbocycles. The van der Waals surface area contributed by atoms with E-state index in [1.54, 1.807) is 6.92 Å². The maximum absolute atomic E-state index is 11.4. The first-order valence-electron chi connectivity index (χ1n) is 5.06. The van der Waals surface area contributed by atoms with E-state index in [0.29, 0.717) is 4.32 Å². The van der Waals surface area contributed by atoms with Crippen LogP contribution in [-0.2, 0) is 4.79 Å². The molecule has 0 saturated carbocycles. The zero-order valence-electron chi connectivity index (χ0n) is 9.06. The van der Waals surface area contributed by atoms with Crippen molar-refractivity contribution in [2.45, 2.75) is 25.0 Å². The molecule has 1 atom stereocenters. The summed E-state index contributed by atoms with van der Waals surface area (Å²) in [5.74, 6) is -0.404. The van der Waals surface area contributed by atoms with E-state index in [-0.39, 0.29) is 0 Å². The summed E-state index contributed by atoms with van der Waals surface area (Å²) in [6.45, 7) is 3.61. The van der Waals surface area contributed by atoms with E-state index in [2.05, 4.69) is 4.90 Å². The predicted octanol–water partition coefficient (Wildman–Crippen LogP) is 0.684. The third-order valence-electron chi connectivity index (χ3n) is 2.26. The number of carbonyl (C=O) groups is 2. The van der Waals surface area contributed by atoms with Gasteiger partial charge in [0.1, 0.15) is 4.32 Å². The lowest BCUT2D eigenvalue weighted by molar-refractivity contribution is -0.119. The molecule has 1 aliphatic rings. The van der Waals surface area contributed by atoms with Crippen LogP contribution in [0, 0.1) is 0 Å². The molecule has 5 nitrogen and oxygen atoms in total. The highest BCUT2D eigenvalue weighted by atomic mass is 32.2. The summed E-state index contributed by atoms with van der Waals surface area (Å²) >= 11 is 6.50. The Hall–Kier alpha value is -0.820. The minimum absolute atomic E-state index is 0.402. The van der Waals surface area contributed by atoms with Crippen LogP contribution in [0.5, 0.6) is 0 Å². The van der Waals surface area contributed by atoms with Crippen molar-refractivity contribution in [3.63, 3.8) is 0 Å². The van der Waals surface area contributed by atoms with Crippen molar-refractivity contribution in [1.29, 1.82) is 0 Å². The molecule has 7 heteroatoms. The smallest absolute Gasteiger partial charge is 0.318 e. The first kappa shape index (κ1) is 13.2. The van der Waals surface area contributed by atoms with Gasteiger partial charge in [-0.15, -0.1) is 0 Å². The fourth-order valence-electron chi connectivity index (χ4n) is 1.40. The number of likely N-dealkylation sites (tertiary alicyclic amines) is 1. The summed E-state index contributed by atoms with van der Waals surface area (Å²) in [4.78, 5) is 24.0. The molecule has 3 N–H and O–H groups in total. The second-order valence-electron chi connectivity index (χ2n) is 3.57. The Bertz CT molecular complexity index is 303. The van der Waals surface area contributed by atoms with Gasteiger partial charge in [0.25, 0.3) is 0 Å². The first-order valence-corrected chi connectivity index (χ1v) is 6.35. The minimum atomic E-state index is -0.829. The quantitative estimate of drug-likeness (QED) is 0.715. The van der Waals surface area contributed by atoms with E-state index in [4.69, 9.17) is 18.0 Å². The van der Waals surface area contributed by atoms with Gasteiger partial charge in [-0.1, -0.05) is 24.0 Å². The van der Waals surface area contributed by atoms with Crippen LogP contribution in [-0.4, -0.2) is 39.5 Å². The number of thiocarbonyl (C=S) groups is 1. The zero-order chi connectivity index (χ0) is 12.1. The van der Waals surface area contributed by atoms with Crippen molar-refractivity contribution >= 4 is 40.2 Å². The second kappa shape index (κ2) is 6.05. The van der Waals surface area contributed by atoms with Gasteiger partial charge in [-0.05, 0) is 19.8 Å². The monoisotopic (exact) mass is 261 g/mol. The number of thioether (sulfide) groups is 1. The van der Waals surface area contributed by atoms with Crippen molar-refractivity contribution in [1.82, 2.24) is 10.2 Å². The fraction of sp³-hybridized carbons (Fsp3) is 0.667. The average molecular weight is 261 g/mol. The Balaban J connectivity index is 2.37. The highest BCUT2D eigenvalue weighted by Crippen LogP contribution is 2.20. The van der Waals surface area contributed by atoms with E-state index >= 15 is 0 Å². The van der Waals surface area contributed by atoms with Crippen LogP contribution in [0.4, 0.5) is 4.79 Å². The Morgan fingerprint density at radius 2 is 2.00 bits per heavy atom. The number of nitrogens with two attached hydrogens (primary N) is 1. The number of primary amides is 1. The molecule has 0 aromatic heterocycles. The lowest BCUT2D eigenvalue weighted by Gasteiger charge is -2.19. The van der Waals surface area contributed by atoms with Crippen LogP contribution >= 0.6 is 24.0 Å². The molecule has 1 aliphatic heterocycles. The van der Waals surface area contributed by atoms with E-state index in [0.717, 1.165) is 25.9 Å². The molecule has 16 heavy (non-hydrogen) atoms. The predicted molar refractivity (Wildman–Crippen MR) is 68.2 cm³/mol. The first-order chi connectivity index (χ1) is 7.50. The van der Waals surface area contributed by atoms with Gasteiger partial charge < -0.3 is 10.6 Å².